The second kappa shape index (κ2) is 4.49. The van der Waals surface area contributed by atoms with Crippen molar-refractivity contribution in [2.24, 2.45) is 11.8 Å². The summed E-state index contributed by atoms with van der Waals surface area (Å²) in [5.74, 6) is 7.92. The minimum atomic E-state index is 0.729. The molecule has 15 heavy (non-hydrogen) atoms. The number of hydrazine groups is 1. The number of hydrogen-bond donors (Lipinski definition) is 2. The van der Waals surface area contributed by atoms with E-state index in [1.807, 2.05) is 18.2 Å². The van der Waals surface area contributed by atoms with Crippen LogP contribution in [0.5, 0.6) is 0 Å². The van der Waals surface area contributed by atoms with Crippen LogP contribution in [0.1, 0.15) is 19.8 Å². The third-order valence-corrected chi connectivity index (χ3v) is 3.07. The van der Waals surface area contributed by atoms with Crippen LogP contribution >= 0.6 is 0 Å². The number of anilines is 2. The van der Waals surface area contributed by atoms with Gasteiger partial charge in [0.1, 0.15) is 11.6 Å². The Morgan fingerprint density at radius 1 is 1.60 bits per heavy atom. The lowest BCUT2D eigenvalue weighted by Gasteiger charge is -2.17. The molecule has 0 bridgehead atoms. The smallest absolute Gasteiger partial charge is 0.142 e. The van der Waals surface area contributed by atoms with Crippen molar-refractivity contribution in [2.75, 3.05) is 23.4 Å². The zero-order valence-corrected chi connectivity index (χ0v) is 9.11. The van der Waals surface area contributed by atoms with Gasteiger partial charge in [0.15, 0.2) is 0 Å². The number of nitrogens with zero attached hydrogens (tertiary/aromatic N) is 2. The molecule has 4 nitrogen and oxygen atoms in total. The van der Waals surface area contributed by atoms with Gasteiger partial charge in [-0.1, -0.05) is 19.4 Å². The first kappa shape index (κ1) is 10.2. The molecule has 1 unspecified atom stereocenters. The molecule has 1 saturated heterocycles. The van der Waals surface area contributed by atoms with Gasteiger partial charge in [-0.15, -0.1) is 0 Å². The van der Waals surface area contributed by atoms with Gasteiger partial charge < -0.3 is 10.3 Å². The van der Waals surface area contributed by atoms with Gasteiger partial charge in [-0.2, -0.15) is 0 Å². The maximum Gasteiger partial charge on any atom is 0.142 e. The highest BCUT2D eigenvalue weighted by atomic mass is 15.3. The average Bonchev–Trinajstić information content (AvgIpc) is 2.78. The van der Waals surface area contributed by atoms with E-state index in [-0.39, 0.29) is 0 Å². The van der Waals surface area contributed by atoms with Crippen molar-refractivity contribution in [2.45, 2.75) is 19.8 Å². The van der Waals surface area contributed by atoms with Gasteiger partial charge in [0.2, 0.25) is 0 Å². The zero-order valence-electron chi connectivity index (χ0n) is 9.11. The molecule has 0 spiro atoms. The highest BCUT2D eigenvalue weighted by Gasteiger charge is 2.21. The second-order valence-electron chi connectivity index (χ2n) is 4.03. The highest BCUT2D eigenvalue weighted by Crippen LogP contribution is 2.24. The normalized spacial score (nSPS) is 20.7. The lowest BCUT2D eigenvalue weighted by atomic mass is 10.1. The van der Waals surface area contributed by atoms with Crippen LogP contribution in [-0.4, -0.2) is 18.1 Å². The summed E-state index contributed by atoms with van der Waals surface area (Å²) in [5.41, 5.74) is 2.58. The van der Waals surface area contributed by atoms with E-state index in [1.165, 1.54) is 12.8 Å². The minimum Gasteiger partial charge on any atom is -0.356 e. The molecule has 0 aromatic carbocycles. The molecule has 2 heterocycles. The lowest BCUT2D eigenvalue weighted by molar-refractivity contribution is 0.569. The molecule has 1 aromatic heterocycles. The van der Waals surface area contributed by atoms with Crippen molar-refractivity contribution in [3.63, 3.8) is 0 Å². The van der Waals surface area contributed by atoms with Crippen LogP contribution in [0.15, 0.2) is 18.2 Å². The van der Waals surface area contributed by atoms with Gasteiger partial charge in [0.05, 0.1) is 0 Å². The Bertz CT molecular complexity index is 326. The van der Waals surface area contributed by atoms with E-state index in [0.717, 1.165) is 30.6 Å². The second-order valence-corrected chi connectivity index (χ2v) is 4.03. The molecule has 82 valence electrons. The SMILES string of the molecule is CCC1CCN(c2cccc(NN)n2)C1. The number of nitrogen functional groups attached to an aromatic ring is 1. The topological polar surface area (TPSA) is 54.2 Å². The van der Waals surface area contributed by atoms with E-state index in [0.29, 0.717) is 0 Å². The molecule has 0 radical (unpaired) electrons. The summed E-state index contributed by atoms with van der Waals surface area (Å²) in [6.07, 6.45) is 2.53. The van der Waals surface area contributed by atoms with Crippen molar-refractivity contribution in [3.8, 4) is 0 Å². The summed E-state index contributed by atoms with van der Waals surface area (Å²) in [4.78, 5) is 6.76. The summed E-state index contributed by atoms with van der Waals surface area (Å²) in [6, 6.07) is 5.90. The van der Waals surface area contributed by atoms with Crippen LogP contribution in [0.2, 0.25) is 0 Å². The summed E-state index contributed by atoms with van der Waals surface area (Å²) < 4.78 is 0. The Morgan fingerprint density at radius 3 is 3.13 bits per heavy atom. The Kier molecular flexibility index (Phi) is 3.06. The predicted octanol–water partition coefficient (Wildman–Crippen LogP) is 1.60. The summed E-state index contributed by atoms with van der Waals surface area (Å²) in [5, 5.41) is 0. The van der Waals surface area contributed by atoms with Gasteiger partial charge >= 0.3 is 0 Å². The monoisotopic (exact) mass is 206 g/mol. The van der Waals surface area contributed by atoms with E-state index in [4.69, 9.17) is 5.84 Å². The molecule has 1 aliphatic heterocycles. The van der Waals surface area contributed by atoms with Crippen LogP contribution in [0.4, 0.5) is 11.6 Å². The molecule has 1 aliphatic rings. The maximum atomic E-state index is 5.34. The third kappa shape index (κ3) is 2.21. The molecular formula is C11H18N4. The van der Waals surface area contributed by atoms with Crippen LogP contribution < -0.4 is 16.2 Å². The molecule has 0 saturated carbocycles. The van der Waals surface area contributed by atoms with Gasteiger partial charge in [-0.05, 0) is 24.5 Å². The number of pyridine rings is 1. The van der Waals surface area contributed by atoms with E-state index < -0.39 is 0 Å². The van der Waals surface area contributed by atoms with E-state index in [9.17, 15) is 0 Å². The van der Waals surface area contributed by atoms with Crippen molar-refractivity contribution < 1.29 is 0 Å². The Labute approximate surface area is 90.5 Å². The van der Waals surface area contributed by atoms with Gasteiger partial charge in [-0.25, -0.2) is 10.8 Å². The number of nitrogens with two attached hydrogens (primary N) is 1. The average molecular weight is 206 g/mol. The number of hydrogen-bond acceptors (Lipinski definition) is 4. The fraction of sp³-hybridized carbons (Fsp3) is 0.545. The van der Waals surface area contributed by atoms with Crippen molar-refractivity contribution >= 4 is 11.6 Å². The van der Waals surface area contributed by atoms with Crippen LogP contribution in [-0.2, 0) is 0 Å². The molecule has 3 N–H and O–H groups in total. The van der Waals surface area contributed by atoms with E-state index in [1.54, 1.807) is 0 Å². The fourth-order valence-electron chi connectivity index (χ4n) is 2.05. The lowest BCUT2D eigenvalue weighted by Crippen LogP contribution is -2.21. The Balaban J connectivity index is 2.09. The van der Waals surface area contributed by atoms with Crippen molar-refractivity contribution in [1.82, 2.24) is 4.98 Å². The molecule has 1 fully saturated rings. The van der Waals surface area contributed by atoms with E-state index >= 15 is 0 Å². The highest BCUT2D eigenvalue weighted by molar-refractivity contribution is 5.47. The quantitative estimate of drug-likeness (QED) is 0.582. The van der Waals surface area contributed by atoms with Crippen LogP contribution in [0.3, 0.4) is 0 Å². The van der Waals surface area contributed by atoms with Gasteiger partial charge in [0, 0.05) is 13.1 Å². The molecule has 1 atom stereocenters. The zero-order chi connectivity index (χ0) is 10.7. The van der Waals surface area contributed by atoms with Gasteiger partial charge in [0.25, 0.3) is 0 Å². The maximum absolute atomic E-state index is 5.34. The molecular weight excluding hydrogens is 188 g/mol. The van der Waals surface area contributed by atoms with Gasteiger partial charge in [-0.3, -0.25) is 0 Å². The largest absolute Gasteiger partial charge is 0.356 e. The van der Waals surface area contributed by atoms with Crippen molar-refractivity contribution in [3.05, 3.63) is 18.2 Å². The summed E-state index contributed by atoms with van der Waals surface area (Å²) >= 11 is 0. The van der Waals surface area contributed by atoms with Crippen molar-refractivity contribution in [1.29, 1.82) is 0 Å². The first-order valence-corrected chi connectivity index (χ1v) is 5.52. The Morgan fingerprint density at radius 2 is 2.47 bits per heavy atom. The first-order valence-electron chi connectivity index (χ1n) is 5.52. The number of rotatable bonds is 3. The number of nitrogens with one attached hydrogen (secondary N) is 1. The van der Waals surface area contributed by atoms with E-state index in [2.05, 4.69) is 22.2 Å². The molecule has 0 aliphatic carbocycles. The predicted molar refractivity (Wildman–Crippen MR) is 62.7 cm³/mol. The number of aromatic nitrogens is 1. The molecule has 2 rings (SSSR count). The third-order valence-electron chi connectivity index (χ3n) is 3.07. The van der Waals surface area contributed by atoms with Crippen LogP contribution in [0.25, 0.3) is 0 Å². The Hall–Kier alpha value is -1.29. The van der Waals surface area contributed by atoms with Crippen LogP contribution in [0, 0.1) is 5.92 Å². The molecule has 0 amide bonds. The standard InChI is InChI=1S/C11H18N4/c1-2-9-6-7-15(8-9)11-5-3-4-10(13-11)14-12/h3-5,9H,2,6-8,12H2,1H3,(H,13,14). The summed E-state index contributed by atoms with van der Waals surface area (Å²) in [7, 11) is 0. The fourth-order valence-corrected chi connectivity index (χ4v) is 2.05. The molecule has 1 aromatic rings. The first-order chi connectivity index (χ1) is 7.33. The molecule has 4 heteroatoms. The summed E-state index contributed by atoms with van der Waals surface area (Å²) in [6.45, 7) is 4.48. The minimum absolute atomic E-state index is 0.729.